The van der Waals surface area contributed by atoms with Crippen molar-refractivity contribution in [1.29, 1.82) is 0 Å². The lowest BCUT2D eigenvalue weighted by Crippen LogP contribution is -2.46. The first-order valence-electron chi connectivity index (χ1n) is 6.33. The molecule has 5 heteroatoms. The molecule has 0 aromatic rings. The highest BCUT2D eigenvalue weighted by atomic mass is 16.5. The lowest BCUT2D eigenvalue weighted by molar-refractivity contribution is 0.114. The van der Waals surface area contributed by atoms with E-state index in [4.69, 9.17) is 4.74 Å². The summed E-state index contributed by atoms with van der Waals surface area (Å²) in [5, 5.41) is 14.9. The molecule has 0 aromatic heterocycles. The highest BCUT2D eigenvalue weighted by molar-refractivity contribution is 5.74. The molecule has 100 valence electrons. The fraction of sp³-hybridized carbons (Fsp3) is 0.917. The minimum absolute atomic E-state index is 0.0932. The number of carbonyl (C=O) groups is 1. The van der Waals surface area contributed by atoms with E-state index in [1.54, 1.807) is 6.92 Å². The average molecular weight is 244 g/mol. The molecule has 0 aromatic carbocycles. The lowest BCUT2D eigenvalue weighted by atomic mass is 10.1. The Morgan fingerprint density at radius 1 is 1.53 bits per heavy atom. The van der Waals surface area contributed by atoms with Crippen LogP contribution in [0.15, 0.2) is 0 Å². The number of aliphatic hydroxyl groups excluding tert-OH is 1. The molecule has 0 saturated carbocycles. The first-order chi connectivity index (χ1) is 7.99. The molecule has 0 bridgehead atoms. The number of hydrogen-bond donors (Lipinski definition) is 3. The van der Waals surface area contributed by atoms with Gasteiger partial charge in [-0.25, -0.2) is 4.79 Å². The Bertz CT molecular complexity index is 246. The fourth-order valence-electron chi connectivity index (χ4n) is 2.07. The molecule has 2 amide bonds. The number of nitrogens with one attached hydrogen (secondary N) is 2. The van der Waals surface area contributed by atoms with Crippen molar-refractivity contribution in [1.82, 2.24) is 10.6 Å². The van der Waals surface area contributed by atoms with Crippen LogP contribution in [0.4, 0.5) is 4.79 Å². The largest absolute Gasteiger partial charge is 0.393 e. The van der Waals surface area contributed by atoms with Gasteiger partial charge in [-0.1, -0.05) is 6.92 Å². The van der Waals surface area contributed by atoms with Crippen LogP contribution in [-0.2, 0) is 4.74 Å². The molecule has 1 aliphatic rings. The molecule has 1 saturated heterocycles. The van der Waals surface area contributed by atoms with Gasteiger partial charge in [0.05, 0.1) is 18.2 Å². The van der Waals surface area contributed by atoms with Gasteiger partial charge in [0.15, 0.2) is 0 Å². The topological polar surface area (TPSA) is 70.6 Å². The lowest BCUT2D eigenvalue weighted by Gasteiger charge is -2.18. The molecular weight excluding hydrogens is 220 g/mol. The van der Waals surface area contributed by atoms with E-state index < -0.39 is 0 Å². The van der Waals surface area contributed by atoms with Crippen molar-refractivity contribution in [3.63, 3.8) is 0 Å². The summed E-state index contributed by atoms with van der Waals surface area (Å²) in [5.41, 5.74) is 0. The van der Waals surface area contributed by atoms with E-state index in [1.165, 1.54) is 0 Å². The third kappa shape index (κ3) is 5.37. The van der Waals surface area contributed by atoms with E-state index >= 15 is 0 Å². The molecule has 0 spiro atoms. The first kappa shape index (κ1) is 14.3. The molecule has 0 radical (unpaired) electrons. The highest BCUT2D eigenvalue weighted by Gasteiger charge is 2.25. The third-order valence-corrected chi connectivity index (χ3v) is 3.05. The van der Waals surface area contributed by atoms with Gasteiger partial charge < -0.3 is 20.5 Å². The van der Waals surface area contributed by atoms with Crippen LogP contribution in [0.1, 0.15) is 33.6 Å². The van der Waals surface area contributed by atoms with Gasteiger partial charge in [0.2, 0.25) is 0 Å². The van der Waals surface area contributed by atoms with Crippen LogP contribution in [0.25, 0.3) is 0 Å². The number of rotatable bonds is 5. The summed E-state index contributed by atoms with van der Waals surface area (Å²) in [6, 6.07) is -0.0353. The summed E-state index contributed by atoms with van der Waals surface area (Å²) in [6.07, 6.45) is 1.34. The molecule has 1 aliphatic heterocycles. The Morgan fingerprint density at radius 2 is 2.24 bits per heavy atom. The van der Waals surface area contributed by atoms with Crippen molar-refractivity contribution in [2.45, 2.75) is 51.9 Å². The van der Waals surface area contributed by atoms with Gasteiger partial charge in [-0.2, -0.15) is 0 Å². The van der Waals surface area contributed by atoms with E-state index in [9.17, 15) is 9.90 Å². The zero-order chi connectivity index (χ0) is 12.8. The molecule has 0 aliphatic carbocycles. The van der Waals surface area contributed by atoms with E-state index in [0.29, 0.717) is 19.6 Å². The van der Waals surface area contributed by atoms with Gasteiger partial charge >= 0.3 is 6.03 Å². The van der Waals surface area contributed by atoms with E-state index in [2.05, 4.69) is 10.6 Å². The average Bonchev–Trinajstić information content (AvgIpc) is 2.61. The molecule has 4 atom stereocenters. The number of hydrogen-bond acceptors (Lipinski definition) is 3. The molecule has 5 nitrogen and oxygen atoms in total. The number of amides is 2. The summed E-state index contributed by atoms with van der Waals surface area (Å²) in [4.78, 5) is 11.6. The van der Waals surface area contributed by atoms with Crippen molar-refractivity contribution in [2.75, 3.05) is 13.2 Å². The van der Waals surface area contributed by atoms with Crippen LogP contribution in [-0.4, -0.2) is 42.5 Å². The molecular formula is C12H24N2O3. The predicted octanol–water partition coefficient (Wildman–Crippen LogP) is 0.870. The van der Waals surface area contributed by atoms with Crippen molar-refractivity contribution in [3.8, 4) is 0 Å². The Hall–Kier alpha value is -0.810. The minimum atomic E-state index is -0.321. The van der Waals surface area contributed by atoms with E-state index in [-0.39, 0.29) is 30.2 Å². The SMILES string of the molecule is CC(O)CC(C)CNC(=O)NC1CCOC1C. The van der Waals surface area contributed by atoms with Crippen LogP contribution < -0.4 is 10.6 Å². The van der Waals surface area contributed by atoms with Crippen molar-refractivity contribution in [3.05, 3.63) is 0 Å². The molecule has 17 heavy (non-hydrogen) atoms. The van der Waals surface area contributed by atoms with E-state index in [0.717, 1.165) is 6.42 Å². The number of ether oxygens (including phenoxy) is 1. The minimum Gasteiger partial charge on any atom is -0.393 e. The molecule has 1 heterocycles. The molecule has 3 N–H and O–H groups in total. The quantitative estimate of drug-likeness (QED) is 0.672. The van der Waals surface area contributed by atoms with Crippen LogP contribution in [0.5, 0.6) is 0 Å². The summed E-state index contributed by atoms with van der Waals surface area (Å²) in [5.74, 6) is 0.276. The number of carbonyl (C=O) groups excluding carboxylic acids is 1. The second kappa shape index (κ2) is 6.81. The predicted molar refractivity (Wildman–Crippen MR) is 65.8 cm³/mol. The maximum Gasteiger partial charge on any atom is 0.315 e. The number of aliphatic hydroxyl groups is 1. The zero-order valence-electron chi connectivity index (χ0n) is 10.9. The molecule has 1 fully saturated rings. The van der Waals surface area contributed by atoms with Crippen molar-refractivity contribution in [2.24, 2.45) is 5.92 Å². The van der Waals surface area contributed by atoms with Crippen LogP contribution in [0.3, 0.4) is 0 Å². The Labute approximate surface area is 103 Å². The Morgan fingerprint density at radius 3 is 2.76 bits per heavy atom. The van der Waals surface area contributed by atoms with Gasteiger partial charge in [0, 0.05) is 13.2 Å². The summed E-state index contributed by atoms with van der Waals surface area (Å²) in [7, 11) is 0. The van der Waals surface area contributed by atoms with Gasteiger partial charge in [-0.3, -0.25) is 0 Å². The third-order valence-electron chi connectivity index (χ3n) is 3.05. The standard InChI is InChI=1S/C12H24N2O3/c1-8(6-9(2)15)7-13-12(16)14-11-4-5-17-10(11)3/h8-11,15H,4-7H2,1-3H3,(H2,13,14,16). The van der Waals surface area contributed by atoms with Gasteiger partial charge in [0.1, 0.15) is 0 Å². The monoisotopic (exact) mass is 244 g/mol. The second-order valence-electron chi connectivity index (χ2n) is 5.02. The normalized spacial score (nSPS) is 27.5. The van der Waals surface area contributed by atoms with Crippen LogP contribution >= 0.6 is 0 Å². The van der Waals surface area contributed by atoms with Gasteiger partial charge in [-0.15, -0.1) is 0 Å². The van der Waals surface area contributed by atoms with Gasteiger partial charge in [0.25, 0.3) is 0 Å². The number of urea groups is 1. The second-order valence-corrected chi connectivity index (χ2v) is 5.02. The molecule has 4 unspecified atom stereocenters. The van der Waals surface area contributed by atoms with Crippen LogP contribution in [0.2, 0.25) is 0 Å². The van der Waals surface area contributed by atoms with Crippen molar-refractivity contribution < 1.29 is 14.6 Å². The van der Waals surface area contributed by atoms with Gasteiger partial charge in [-0.05, 0) is 32.6 Å². The first-order valence-corrected chi connectivity index (χ1v) is 6.33. The van der Waals surface area contributed by atoms with E-state index in [1.807, 2.05) is 13.8 Å². The maximum atomic E-state index is 11.6. The Balaban J connectivity index is 2.16. The maximum absolute atomic E-state index is 11.6. The highest BCUT2D eigenvalue weighted by Crippen LogP contribution is 2.12. The smallest absolute Gasteiger partial charge is 0.315 e. The fourth-order valence-corrected chi connectivity index (χ4v) is 2.07. The summed E-state index contributed by atoms with van der Waals surface area (Å²) in [6.45, 7) is 7.03. The Kier molecular flexibility index (Phi) is 5.71. The summed E-state index contributed by atoms with van der Waals surface area (Å²) >= 11 is 0. The van der Waals surface area contributed by atoms with Crippen molar-refractivity contribution >= 4 is 6.03 Å². The molecule has 1 rings (SSSR count). The van der Waals surface area contributed by atoms with Crippen LogP contribution in [0, 0.1) is 5.92 Å². The zero-order valence-corrected chi connectivity index (χ0v) is 10.9. The summed E-state index contributed by atoms with van der Waals surface area (Å²) < 4.78 is 5.37.